The number of fused-ring (bicyclic) bond motifs is 1. The Hall–Kier alpha value is -2.86. The lowest BCUT2D eigenvalue weighted by atomic mass is 10.2. The van der Waals surface area contributed by atoms with E-state index in [1.54, 1.807) is 0 Å². The number of oxazole rings is 1. The van der Waals surface area contributed by atoms with E-state index in [1.165, 1.54) is 34.1 Å². The molecule has 160 valence electrons. The molecule has 8 nitrogen and oxygen atoms in total. The van der Waals surface area contributed by atoms with Crippen molar-refractivity contribution in [2.45, 2.75) is 23.6 Å². The molecule has 3 heterocycles. The van der Waals surface area contributed by atoms with Crippen molar-refractivity contribution >= 4 is 21.1 Å². The molecule has 30 heavy (non-hydrogen) atoms. The van der Waals surface area contributed by atoms with E-state index in [4.69, 9.17) is 9.15 Å². The molecule has 0 radical (unpaired) electrons. The van der Waals surface area contributed by atoms with Crippen LogP contribution in [0, 0.1) is 0 Å². The normalized spacial score (nSPS) is 18.2. The summed E-state index contributed by atoms with van der Waals surface area (Å²) >= 11 is 0. The maximum Gasteiger partial charge on any atom is 0.419 e. The largest absolute Gasteiger partial charge is 0.473 e. The minimum Gasteiger partial charge on any atom is -0.473 e. The molecule has 1 atom stereocenters. The number of pyridine rings is 1. The standard InChI is InChI=1S/C18H16F3N3O5S/c1-23-14-9-13(2-3-15(14)29-17(23)25)30(26,27)24-7-5-12(10-24)28-16-8-11(4-6-22-16)18(19,20)21/h2-4,6,8-9,12H,5,7,10H2,1H3/t12-/m0/s1. The van der Waals surface area contributed by atoms with Crippen LogP contribution >= 0.6 is 0 Å². The summed E-state index contributed by atoms with van der Waals surface area (Å²) in [6.07, 6.45) is -3.88. The SMILES string of the molecule is Cn1c(=O)oc2ccc(S(=O)(=O)N3CC[C@H](Oc4cc(C(F)(F)F)ccn4)C3)cc21. The van der Waals surface area contributed by atoms with E-state index < -0.39 is 33.6 Å². The third kappa shape index (κ3) is 3.67. The van der Waals surface area contributed by atoms with Gasteiger partial charge in [-0.1, -0.05) is 0 Å². The van der Waals surface area contributed by atoms with E-state index in [0.717, 1.165) is 18.3 Å². The summed E-state index contributed by atoms with van der Waals surface area (Å²) in [4.78, 5) is 15.4. The Morgan fingerprint density at radius 1 is 1.23 bits per heavy atom. The highest BCUT2D eigenvalue weighted by atomic mass is 32.2. The number of ether oxygens (including phenoxy) is 1. The van der Waals surface area contributed by atoms with Crippen LogP contribution in [0.15, 0.2) is 50.6 Å². The smallest absolute Gasteiger partial charge is 0.419 e. The number of sulfonamides is 1. The molecule has 0 N–H and O–H groups in total. The quantitative estimate of drug-likeness (QED) is 0.615. The molecule has 1 aromatic carbocycles. The summed E-state index contributed by atoms with van der Waals surface area (Å²) in [6.45, 7) is 0.0942. The molecule has 2 aromatic heterocycles. The zero-order chi connectivity index (χ0) is 21.7. The molecule has 0 aliphatic carbocycles. The molecule has 0 saturated carbocycles. The molecule has 1 aliphatic heterocycles. The fraction of sp³-hybridized carbons (Fsp3) is 0.333. The van der Waals surface area contributed by atoms with Crippen LogP contribution in [-0.2, 0) is 23.2 Å². The molecule has 1 aliphatic rings. The van der Waals surface area contributed by atoms with Crippen molar-refractivity contribution in [2.75, 3.05) is 13.1 Å². The first-order valence-electron chi connectivity index (χ1n) is 8.85. The van der Waals surface area contributed by atoms with Gasteiger partial charge >= 0.3 is 11.9 Å². The highest BCUT2D eigenvalue weighted by molar-refractivity contribution is 7.89. The molecule has 0 amide bonds. The summed E-state index contributed by atoms with van der Waals surface area (Å²) in [7, 11) is -2.43. The Morgan fingerprint density at radius 3 is 2.73 bits per heavy atom. The van der Waals surface area contributed by atoms with Crippen molar-refractivity contribution in [2.24, 2.45) is 7.05 Å². The second-order valence-electron chi connectivity index (χ2n) is 6.83. The van der Waals surface area contributed by atoms with E-state index in [9.17, 15) is 26.4 Å². The number of rotatable bonds is 4. The van der Waals surface area contributed by atoms with Gasteiger partial charge in [-0.2, -0.15) is 17.5 Å². The number of aromatic nitrogens is 2. The minimum atomic E-state index is -4.53. The van der Waals surface area contributed by atoms with Crippen LogP contribution in [0.4, 0.5) is 13.2 Å². The average Bonchev–Trinajstić information content (AvgIpc) is 3.26. The van der Waals surface area contributed by atoms with Gasteiger partial charge in [0.05, 0.1) is 22.5 Å². The van der Waals surface area contributed by atoms with Gasteiger partial charge in [-0.3, -0.25) is 4.57 Å². The molecule has 0 spiro atoms. The minimum absolute atomic E-state index is 0.0238. The van der Waals surface area contributed by atoms with Crippen molar-refractivity contribution < 1.29 is 30.7 Å². The van der Waals surface area contributed by atoms with Gasteiger partial charge in [0.25, 0.3) is 0 Å². The molecule has 0 bridgehead atoms. The second-order valence-corrected chi connectivity index (χ2v) is 8.77. The average molecular weight is 443 g/mol. The lowest BCUT2D eigenvalue weighted by molar-refractivity contribution is -0.137. The lowest BCUT2D eigenvalue weighted by Crippen LogP contribution is -2.31. The molecular formula is C18H16F3N3O5S. The number of benzene rings is 1. The van der Waals surface area contributed by atoms with Gasteiger partial charge in [0.1, 0.15) is 6.10 Å². The number of hydrogen-bond donors (Lipinski definition) is 0. The van der Waals surface area contributed by atoms with Crippen molar-refractivity contribution in [1.82, 2.24) is 13.9 Å². The molecule has 1 saturated heterocycles. The zero-order valence-electron chi connectivity index (χ0n) is 15.6. The van der Waals surface area contributed by atoms with Crippen LogP contribution in [0.25, 0.3) is 11.1 Å². The predicted molar refractivity (Wildman–Crippen MR) is 98.5 cm³/mol. The van der Waals surface area contributed by atoms with Gasteiger partial charge in [-0.25, -0.2) is 18.2 Å². The van der Waals surface area contributed by atoms with Crippen molar-refractivity contribution in [3.8, 4) is 5.88 Å². The Kier molecular flexibility index (Phi) is 4.85. The highest BCUT2D eigenvalue weighted by Gasteiger charge is 2.35. The predicted octanol–water partition coefficient (Wildman–Crippen LogP) is 2.39. The number of halogens is 3. The van der Waals surface area contributed by atoms with Crippen molar-refractivity contribution in [3.63, 3.8) is 0 Å². The van der Waals surface area contributed by atoms with E-state index in [-0.39, 0.29) is 29.4 Å². The van der Waals surface area contributed by atoms with Crippen LogP contribution < -0.4 is 10.5 Å². The molecule has 1 fully saturated rings. The van der Waals surface area contributed by atoms with Crippen LogP contribution in [0.3, 0.4) is 0 Å². The van der Waals surface area contributed by atoms with Crippen LogP contribution in [-0.4, -0.2) is 41.5 Å². The maximum absolute atomic E-state index is 13.0. The Balaban J connectivity index is 1.52. The summed E-state index contributed by atoms with van der Waals surface area (Å²) in [5.41, 5.74) is -0.296. The Morgan fingerprint density at radius 2 is 2.00 bits per heavy atom. The van der Waals surface area contributed by atoms with E-state index >= 15 is 0 Å². The van der Waals surface area contributed by atoms with Crippen LogP contribution in [0.2, 0.25) is 0 Å². The van der Waals surface area contributed by atoms with Gasteiger partial charge in [0.15, 0.2) is 5.58 Å². The number of aryl methyl sites for hydroxylation is 1. The number of hydrogen-bond acceptors (Lipinski definition) is 6. The third-order valence-electron chi connectivity index (χ3n) is 4.86. The first kappa shape index (κ1) is 20.4. The first-order valence-corrected chi connectivity index (χ1v) is 10.3. The summed E-state index contributed by atoms with van der Waals surface area (Å²) in [5.74, 6) is -0.827. The van der Waals surface area contributed by atoms with Gasteiger partial charge in [-0.15, -0.1) is 0 Å². The molecule has 0 unspecified atom stereocenters. The summed E-state index contributed by atoms with van der Waals surface area (Å²) in [6, 6.07) is 5.70. The maximum atomic E-state index is 13.0. The van der Waals surface area contributed by atoms with E-state index in [0.29, 0.717) is 11.9 Å². The van der Waals surface area contributed by atoms with Gasteiger partial charge < -0.3 is 9.15 Å². The lowest BCUT2D eigenvalue weighted by Gasteiger charge is -2.17. The Bertz CT molecular complexity index is 1270. The van der Waals surface area contributed by atoms with Crippen LogP contribution in [0.5, 0.6) is 5.88 Å². The summed E-state index contributed by atoms with van der Waals surface area (Å²) in [5, 5.41) is 0. The van der Waals surface area contributed by atoms with E-state index in [1.807, 2.05) is 0 Å². The van der Waals surface area contributed by atoms with Crippen molar-refractivity contribution in [1.29, 1.82) is 0 Å². The van der Waals surface area contributed by atoms with E-state index in [2.05, 4.69) is 4.98 Å². The Labute approximate surface area is 168 Å². The van der Waals surface area contributed by atoms with Gasteiger partial charge in [0.2, 0.25) is 15.9 Å². The number of nitrogens with zero attached hydrogens (tertiary/aromatic N) is 3. The zero-order valence-corrected chi connectivity index (χ0v) is 16.4. The molecule has 12 heteroatoms. The third-order valence-corrected chi connectivity index (χ3v) is 6.72. The summed E-state index contributed by atoms with van der Waals surface area (Å²) < 4.78 is 77.3. The molecule has 3 aromatic rings. The fourth-order valence-electron chi connectivity index (χ4n) is 3.25. The topological polar surface area (TPSA) is 94.6 Å². The van der Waals surface area contributed by atoms with Gasteiger partial charge in [-0.05, 0) is 30.7 Å². The first-order chi connectivity index (χ1) is 14.1. The highest BCUT2D eigenvalue weighted by Crippen LogP contribution is 2.31. The van der Waals surface area contributed by atoms with Gasteiger partial charge in [0, 0.05) is 25.9 Å². The monoisotopic (exact) mass is 443 g/mol. The molecule has 4 rings (SSSR count). The van der Waals surface area contributed by atoms with Crippen molar-refractivity contribution in [3.05, 3.63) is 52.6 Å². The second kappa shape index (κ2) is 7.13. The number of alkyl halides is 3. The molecular weight excluding hydrogens is 427 g/mol. The fourth-order valence-corrected chi connectivity index (χ4v) is 4.76. The van der Waals surface area contributed by atoms with Crippen LogP contribution in [0.1, 0.15) is 12.0 Å².